The van der Waals surface area contributed by atoms with E-state index in [9.17, 15) is 4.79 Å². The van der Waals surface area contributed by atoms with E-state index in [1.54, 1.807) is 10.9 Å². The molecular formula is C11H17N3O. The Hall–Kier alpha value is -1.58. The first kappa shape index (κ1) is 11.5. The van der Waals surface area contributed by atoms with E-state index in [2.05, 4.69) is 10.4 Å². The fourth-order valence-corrected chi connectivity index (χ4v) is 1.23. The summed E-state index contributed by atoms with van der Waals surface area (Å²) in [4.78, 5) is 11.6. The zero-order chi connectivity index (χ0) is 11.3. The molecule has 15 heavy (non-hydrogen) atoms. The summed E-state index contributed by atoms with van der Waals surface area (Å²) in [5.74, 6) is -0.0625. The molecule has 0 aliphatic carbocycles. The first-order valence-corrected chi connectivity index (χ1v) is 5.18. The topological polar surface area (TPSA) is 46.9 Å². The van der Waals surface area contributed by atoms with Crippen LogP contribution in [0.25, 0.3) is 0 Å². The lowest BCUT2D eigenvalue weighted by Crippen LogP contribution is -2.12. The van der Waals surface area contributed by atoms with Crippen molar-refractivity contribution >= 4 is 11.6 Å². The largest absolute Gasteiger partial charge is 0.320 e. The highest BCUT2D eigenvalue weighted by atomic mass is 16.1. The molecule has 1 aromatic heterocycles. The number of allylic oxidation sites excluding steroid dienone is 1. The Bertz CT molecular complexity index is 366. The van der Waals surface area contributed by atoms with E-state index in [4.69, 9.17) is 0 Å². The third-order valence-electron chi connectivity index (χ3n) is 2.08. The van der Waals surface area contributed by atoms with E-state index in [1.807, 2.05) is 33.0 Å². The number of hydrogen-bond acceptors (Lipinski definition) is 2. The Kier molecular flexibility index (Phi) is 4.09. The van der Waals surface area contributed by atoms with Gasteiger partial charge in [-0.15, -0.1) is 0 Å². The summed E-state index contributed by atoms with van der Waals surface area (Å²) in [6.07, 6.45) is 6.24. The monoisotopic (exact) mass is 207 g/mol. The molecule has 0 aliphatic rings. The summed E-state index contributed by atoms with van der Waals surface area (Å²) in [6, 6.07) is 0. The van der Waals surface area contributed by atoms with E-state index >= 15 is 0 Å². The molecule has 1 rings (SSSR count). The van der Waals surface area contributed by atoms with E-state index in [-0.39, 0.29) is 5.91 Å². The van der Waals surface area contributed by atoms with E-state index in [0.29, 0.717) is 0 Å². The molecule has 0 spiro atoms. The van der Waals surface area contributed by atoms with Crippen LogP contribution in [0.3, 0.4) is 0 Å². The minimum absolute atomic E-state index is 0.0625. The highest BCUT2D eigenvalue weighted by molar-refractivity contribution is 6.03. The van der Waals surface area contributed by atoms with Gasteiger partial charge in [0.15, 0.2) is 0 Å². The van der Waals surface area contributed by atoms with E-state index < -0.39 is 0 Å². The molecule has 0 aliphatic heterocycles. The summed E-state index contributed by atoms with van der Waals surface area (Å²) in [6.45, 7) is 6.62. The summed E-state index contributed by atoms with van der Waals surface area (Å²) >= 11 is 0. The number of nitrogens with zero attached hydrogens (tertiary/aromatic N) is 2. The van der Waals surface area contributed by atoms with Crippen molar-refractivity contribution in [2.75, 3.05) is 5.32 Å². The summed E-state index contributed by atoms with van der Waals surface area (Å²) in [5, 5.41) is 6.87. The highest BCUT2D eigenvalue weighted by Gasteiger charge is 2.05. The number of anilines is 1. The molecule has 0 bridgehead atoms. The fourth-order valence-electron chi connectivity index (χ4n) is 1.23. The molecule has 82 valence electrons. The SMILES string of the molecule is CC/C=C(\C)C(=O)Nc1cnn(CC)c1. The van der Waals surface area contributed by atoms with Gasteiger partial charge < -0.3 is 5.32 Å². The van der Waals surface area contributed by atoms with Crippen molar-refractivity contribution in [2.45, 2.75) is 33.7 Å². The van der Waals surface area contributed by atoms with Gasteiger partial charge in [0.25, 0.3) is 5.91 Å². The van der Waals surface area contributed by atoms with Crippen molar-refractivity contribution in [2.24, 2.45) is 0 Å². The average Bonchev–Trinajstić information content (AvgIpc) is 2.66. The number of carbonyl (C=O) groups excluding carboxylic acids is 1. The molecule has 1 N–H and O–H groups in total. The smallest absolute Gasteiger partial charge is 0.251 e. The maximum atomic E-state index is 11.6. The first-order chi connectivity index (χ1) is 7.17. The van der Waals surface area contributed by atoms with E-state index in [1.165, 1.54) is 0 Å². The van der Waals surface area contributed by atoms with Crippen LogP contribution in [0.15, 0.2) is 24.0 Å². The van der Waals surface area contributed by atoms with Crippen LogP contribution in [0.1, 0.15) is 27.2 Å². The summed E-state index contributed by atoms with van der Waals surface area (Å²) < 4.78 is 1.77. The predicted molar refractivity (Wildman–Crippen MR) is 60.6 cm³/mol. The Morgan fingerprint density at radius 3 is 2.87 bits per heavy atom. The van der Waals surface area contributed by atoms with Gasteiger partial charge in [-0.3, -0.25) is 9.48 Å². The molecule has 0 atom stereocenters. The third-order valence-corrected chi connectivity index (χ3v) is 2.08. The number of amides is 1. The van der Waals surface area contributed by atoms with Crippen LogP contribution < -0.4 is 5.32 Å². The van der Waals surface area contributed by atoms with Gasteiger partial charge >= 0.3 is 0 Å². The lowest BCUT2D eigenvalue weighted by atomic mass is 10.2. The van der Waals surface area contributed by atoms with Crippen molar-refractivity contribution in [1.82, 2.24) is 9.78 Å². The lowest BCUT2D eigenvalue weighted by molar-refractivity contribution is -0.112. The van der Waals surface area contributed by atoms with Gasteiger partial charge in [0.05, 0.1) is 11.9 Å². The van der Waals surface area contributed by atoms with Crippen LogP contribution in [-0.4, -0.2) is 15.7 Å². The van der Waals surface area contributed by atoms with Gasteiger partial charge in [0.1, 0.15) is 0 Å². The zero-order valence-corrected chi connectivity index (χ0v) is 9.45. The summed E-state index contributed by atoms with van der Waals surface area (Å²) in [5.41, 5.74) is 1.48. The van der Waals surface area contributed by atoms with Crippen LogP contribution in [0.2, 0.25) is 0 Å². The minimum Gasteiger partial charge on any atom is -0.320 e. The van der Waals surface area contributed by atoms with Gasteiger partial charge in [0, 0.05) is 18.3 Å². The van der Waals surface area contributed by atoms with Crippen molar-refractivity contribution in [1.29, 1.82) is 0 Å². The van der Waals surface area contributed by atoms with Gasteiger partial charge in [0.2, 0.25) is 0 Å². The van der Waals surface area contributed by atoms with Crippen molar-refractivity contribution < 1.29 is 4.79 Å². The number of hydrogen-bond donors (Lipinski definition) is 1. The van der Waals surface area contributed by atoms with Crippen LogP contribution in [0.5, 0.6) is 0 Å². The molecule has 4 heteroatoms. The van der Waals surface area contributed by atoms with Crippen LogP contribution in [-0.2, 0) is 11.3 Å². The van der Waals surface area contributed by atoms with Gasteiger partial charge in [-0.2, -0.15) is 5.10 Å². The van der Waals surface area contributed by atoms with Gasteiger partial charge in [-0.05, 0) is 20.3 Å². The van der Waals surface area contributed by atoms with Crippen molar-refractivity contribution in [3.63, 3.8) is 0 Å². The number of aromatic nitrogens is 2. The number of rotatable bonds is 4. The van der Waals surface area contributed by atoms with Crippen LogP contribution in [0, 0.1) is 0 Å². The molecule has 0 aromatic carbocycles. The molecule has 0 radical (unpaired) electrons. The fraction of sp³-hybridized carbons (Fsp3) is 0.455. The standard InChI is InChI=1S/C11H17N3O/c1-4-6-9(3)11(15)13-10-7-12-14(5-2)8-10/h6-8H,4-5H2,1-3H3,(H,13,15)/b9-6+. The Balaban J connectivity index is 2.62. The van der Waals surface area contributed by atoms with Gasteiger partial charge in [-0.25, -0.2) is 0 Å². The molecule has 0 saturated carbocycles. The number of carbonyl (C=O) groups is 1. The average molecular weight is 207 g/mol. The second kappa shape index (κ2) is 5.34. The molecule has 4 nitrogen and oxygen atoms in total. The Morgan fingerprint density at radius 1 is 1.60 bits per heavy atom. The first-order valence-electron chi connectivity index (χ1n) is 5.18. The minimum atomic E-state index is -0.0625. The number of nitrogens with one attached hydrogen (secondary N) is 1. The molecular weight excluding hydrogens is 190 g/mol. The molecule has 1 heterocycles. The van der Waals surface area contributed by atoms with Crippen LogP contribution >= 0.6 is 0 Å². The lowest BCUT2D eigenvalue weighted by Gasteiger charge is -2.01. The third kappa shape index (κ3) is 3.23. The predicted octanol–water partition coefficient (Wildman–Crippen LogP) is 2.20. The summed E-state index contributed by atoms with van der Waals surface area (Å²) in [7, 11) is 0. The van der Waals surface area contributed by atoms with Gasteiger partial charge in [-0.1, -0.05) is 13.0 Å². The van der Waals surface area contributed by atoms with Crippen LogP contribution in [0.4, 0.5) is 5.69 Å². The van der Waals surface area contributed by atoms with Crippen molar-refractivity contribution in [3.8, 4) is 0 Å². The van der Waals surface area contributed by atoms with E-state index in [0.717, 1.165) is 24.2 Å². The number of aryl methyl sites for hydroxylation is 1. The molecule has 1 aromatic rings. The molecule has 1 amide bonds. The Labute approximate surface area is 90.0 Å². The zero-order valence-electron chi connectivity index (χ0n) is 9.45. The molecule has 0 unspecified atom stereocenters. The Morgan fingerprint density at radius 2 is 2.33 bits per heavy atom. The normalized spacial score (nSPS) is 11.5. The quantitative estimate of drug-likeness (QED) is 0.769. The maximum Gasteiger partial charge on any atom is 0.251 e. The molecule has 0 saturated heterocycles. The maximum absolute atomic E-state index is 11.6. The second-order valence-electron chi connectivity index (χ2n) is 3.33. The highest BCUT2D eigenvalue weighted by Crippen LogP contribution is 2.07. The van der Waals surface area contributed by atoms with Crippen molar-refractivity contribution in [3.05, 3.63) is 24.0 Å². The second-order valence-corrected chi connectivity index (χ2v) is 3.33. The molecule has 0 fully saturated rings.